The third-order valence-corrected chi connectivity index (χ3v) is 4.35. The van der Waals surface area contributed by atoms with E-state index in [1.807, 2.05) is 30.5 Å². The number of hydrogen-bond acceptors (Lipinski definition) is 3. The SMILES string of the molecule is CCN(CC)CCCC(C)Nc1ccnc2cc(Cl)ccc12.[H-].[K+]. The normalized spacial score (nSPS) is 12.2. The molecule has 122 valence electrons. The zero-order valence-corrected chi connectivity index (χ0v) is 18.7. The van der Waals surface area contributed by atoms with E-state index in [2.05, 4.69) is 36.0 Å². The molecule has 5 heteroatoms. The summed E-state index contributed by atoms with van der Waals surface area (Å²) >= 11 is 6.04. The molecular weight excluding hydrogens is 333 g/mol. The van der Waals surface area contributed by atoms with Crippen molar-refractivity contribution in [1.82, 2.24) is 9.88 Å². The number of rotatable bonds is 8. The molecule has 2 rings (SSSR count). The zero-order valence-electron chi connectivity index (χ0n) is 15.8. The summed E-state index contributed by atoms with van der Waals surface area (Å²) in [5.74, 6) is 0. The molecule has 1 heterocycles. The topological polar surface area (TPSA) is 28.2 Å². The number of hydrogen-bond donors (Lipinski definition) is 1. The van der Waals surface area contributed by atoms with Crippen LogP contribution < -0.4 is 56.7 Å². The summed E-state index contributed by atoms with van der Waals surface area (Å²) in [6, 6.07) is 8.35. The van der Waals surface area contributed by atoms with Gasteiger partial charge in [0.25, 0.3) is 0 Å². The quantitative estimate of drug-likeness (QED) is 0.730. The van der Waals surface area contributed by atoms with Crippen molar-refractivity contribution < 1.29 is 52.8 Å². The van der Waals surface area contributed by atoms with Crippen LogP contribution in [0.25, 0.3) is 10.9 Å². The Morgan fingerprint density at radius 2 is 2.00 bits per heavy atom. The van der Waals surface area contributed by atoms with Gasteiger partial charge < -0.3 is 11.6 Å². The van der Waals surface area contributed by atoms with Crippen molar-refractivity contribution in [1.29, 1.82) is 0 Å². The van der Waals surface area contributed by atoms with Crippen LogP contribution in [-0.4, -0.2) is 35.6 Å². The molecule has 2 aromatic rings. The molecule has 23 heavy (non-hydrogen) atoms. The first kappa shape index (κ1) is 21.4. The number of nitrogens with one attached hydrogen (secondary N) is 1. The Balaban J connectivity index is 0.00000264. The minimum atomic E-state index is 0. The van der Waals surface area contributed by atoms with Crippen LogP contribution in [0.15, 0.2) is 30.5 Å². The molecule has 0 saturated carbocycles. The summed E-state index contributed by atoms with van der Waals surface area (Å²) in [5, 5.41) is 5.47. The third kappa shape index (κ3) is 6.61. The van der Waals surface area contributed by atoms with Crippen LogP contribution >= 0.6 is 11.6 Å². The smallest absolute Gasteiger partial charge is 1.00 e. The van der Waals surface area contributed by atoms with E-state index in [4.69, 9.17) is 11.6 Å². The maximum atomic E-state index is 6.04. The number of aromatic nitrogens is 1. The van der Waals surface area contributed by atoms with E-state index in [0.717, 1.165) is 41.1 Å². The van der Waals surface area contributed by atoms with Crippen LogP contribution in [0, 0.1) is 0 Å². The largest absolute Gasteiger partial charge is 1.00 e. The molecule has 0 amide bonds. The summed E-state index contributed by atoms with van der Waals surface area (Å²) in [5.41, 5.74) is 2.07. The zero-order chi connectivity index (χ0) is 15.9. The van der Waals surface area contributed by atoms with Crippen LogP contribution in [0.3, 0.4) is 0 Å². The van der Waals surface area contributed by atoms with E-state index < -0.39 is 0 Å². The van der Waals surface area contributed by atoms with Gasteiger partial charge in [0.1, 0.15) is 0 Å². The van der Waals surface area contributed by atoms with Gasteiger partial charge in [-0.15, -0.1) is 0 Å². The molecule has 0 bridgehead atoms. The van der Waals surface area contributed by atoms with Crippen molar-refractivity contribution in [2.45, 2.75) is 39.7 Å². The molecule has 0 aliphatic heterocycles. The summed E-state index contributed by atoms with van der Waals surface area (Å²) in [7, 11) is 0. The molecular formula is C18H27ClKN3. The minimum absolute atomic E-state index is 0. The van der Waals surface area contributed by atoms with Crippen LogP contribution in [0.5, 0.6) is 0 Å². The second-order valence-electron chi connectivity index (χ2n) is 5.73. The van der Waals surface area contributed by atoms with Crippen LogP contribution in [-0.2, 0) is 0 Å². The van der Waals surface area contributed by atoms with Gasteiger partial charge in [-0.1, -0.05) is 25.4 Å². The van der Waals surface area contributed by atoms with E-state index in [-0.39, 0.29) is 52.8 Å². The average molecular weight is 360 g/mol. The maximum Gasteiger partial charge on any atom is 1.00 e. The standard InChI is InChI=1S/C18H26ClN3.K.H/c1-4-22(5-2)12-6-7-14(3)21-17-10-11-20-18-13-15(19)8-9-16(17)18;;/h8-11,13-14H,4-7,12H2,1-3H3,(H,20,21);;/q;+1;-1. The average Bonchev–Trinajstić information content (AvgIpc) is 2.51. The minimum Gasteiger partial charge on any atom is -1.00 e. The molecule has 3 nitrogen and oxygen atoms in total. The molecule has 1 aromatic heterocycles. The van der Waals surface area contributed by atoms with Gasteiger partial charge in [0.05, 0.1) is 5.52 Å². The molecule has 1 atom stereocenters. The Bertz CT molecular complexity index is 608. The van der Waals surface area contributed by atoms with E-state index in [1.165, 1.54) is 13.0 Å². The molecule has 1 N–H and O–H groups in total. The van der Waals surface area contributed by atoms with Crippen molar-refractivity contribution in [3.63, 3.8) is 0 Å². The van der Waals surface area contributed by atoms with Crippen molar-refractivity contribution in [2.75, 3.05) is 25.0 Å². The number of anilines is 1. The van der Waals surface area contributed by atoms with E-state index in [9.17, 15) is 0 Å². The summed E-state index contributed by atoms with van der Waals surface area (Å²) in [6.07, 6.45) is 4.21. The predicted octanol–water partition coefficient (Wildman–Crippen LogP) is 1.93. The molecule has 0 spiro atoms. The monoisotopic (exact) mass is 359 g/mol. The Labute approximate surface area is 189 Å². The Morgan fingerprint density at radius 3 is 2.70 bits per heavy atom. The fourth-order valence-corrected chi connectivity index (χ4v) is 2.91. The van der Waals surface area contributed by atoms with E-state index in [1.54, 1.807) is 0 Å². The number of fused-ring (bicyclic) bond motifs is 1. The first-order valence-electron chi connectivity index (χ1n) is 8.17. The van der Waals surface area contributed by atoms with Crippen molar-refractivity contribution in [3.05, 3.63) is 35.5 Å². The first-order chi connectivity index (χ1) is 10.6. The fourth-order valence-electron chi connectivity index (χ4n) is 2.75. The Morgan fingerprint density at radius 1 is 1.26 bits per heavy atom. The number of nitrogens with zero attached hydrogens (tertiary/aromatic N) is 2. The van der Waals surface area contributed by atoms with Crippen molar-refractivity contribution in [3.8, 4) is 0 Å². The van der Waals surface area contributed by atoms with Crippen molar-refractivity contribution >= 4 is 28.2 Å². The molecule has 0 fully saturated rings. The second-order valence-corrected chi connectivity index (χ2v) is 6.17. The van der Waals surface area contributed by atoms with Crippen LogP contribution in [0.1, 0.15) is 35.0 Å². The predicted molar refractivity (Wildman–Crippen MR) is 98.0 cm³/mol. The molecule has 1 unspecified atom stereocenters. The number of pyridine rings is 1. The Kier molecular flexibility index (Phi) is 10.2. The molecule has 1 aromatic carbocycles. The first-order valence-corrected chi connectivity index (χ1v) is 8.55. The fraction of sp³-hybridized carbons (Fsp3) is 0.500. The van der Waals surface area contributed by atoms with Gasteiger partial charge in [-0.05, 0) is 63.7 Å². The van der Waals surface area contributed by atoms with E-state index >= 15 is 0 Å². The van der Waals surface area contributed by atoms with Crippen LogP contribution in [0.2, 0.25) is 5.02 Å². The van der Waals surface area contributed by atoms with Gasteiger partial charge in [-0.25, -0.2) is 0 Å². The van der Waals surface area contributed by atoms with E-state index in [0.29, 0.717) is 6.04 Å². The summed E-state index contributed by atoms with van der Waals surface area (Å²) in [6.45, 7) is 10.1. The number of halogens is 1. The summed E-state index contributed by atoms with van der Waals surface area (Å²) in [4.78, 5) is 6.86. The number of benzene rings is 1. The maximum absolute atomic E-state index is 6.04. The molecule has 0 radical (unpaired) electrons. The van der Waals surface area contributed by atoms with Gasteiger partial charge in [0, 0.05) is 28.3 Å². The van der Waals surface area contributed by atoms with Gasteiger partial charge in [0.15, 0.2) is 0 Å². The van der Waals surface area contributed by atoms with Crippen molar-refractivity contribution in [2.24, 2.45) is 0 Å². The van der Waals surface area contributed by atoms with Gasteiger partial charge in [-0.3, -0.25) is 4.98 Å². The molecule has 0 aliphatic rings. The van der Waals surface area contributed by atoms with Gasteiger partial charge >= 0.3 is 51.4 Å². The second kappa shape index (κ2) is 11.0. The van der Waals surface area contributed by atoms with Gasteiger partial charge in [0.2, 0.25) is 0 Å². The van der Waals surface area contributed by atoms with Gasteiger partial charge in [-0.2, -0.15) is 0 Å². The third-order valence-electron chi connectivity index (χ3n) is 4.11. The Hall–Kier alpha value is 0.316. The summed E-state index contributed by atoms with van der Waals surface area (Å²) < 4.78 is 0. The molecule has 0 saturated heterocycles. The molecule has 0 aliphatic carbocycles. The van der Waals surface area contributed by atoms with Crippen LogP contribution in [0.4, 0.5) is 5.69 Å².